The Bertz CT molecular complexity index is 555. The van der Waals surface area contributed by atoms with Crippen molar-refractivity contribution < 1.29 is 9.47 Å². The van der Waals surface area contributed by atoms with Crippen molar-refractivity contribution in [3.05, 3.63) is 54.1 Å². The second kappa shape index (κ2) is 7.55. The van der Waals surface area contributed by atoms with Crippen LogP contribution in [-0.2, 0) is 6.54 Å². The molecule has 0 unspecified atom stereocenters. The Morgan fingerprint density at radius 1 is 1.00 bits per heavy atom. The number of benzene rings is 2. The molecular formula is C17H22N2O2. The maximum atomic E-state index is 5.78. The van der Waals surface area contributed by atoms with Crippen molar-refractivity contribution in [2.24, 2.45) is 5.73 Å². The van der Waals surface area contributed by atoms with E-state index in [1.807, 2.05) is 43.4 Å². The molecule has 0 saturated carbocycles. The fourth-order valence-electron chi connectivity index (χ4n) is 2.05. The molecule has 4 nitrogen and oxygen atoms in total. The standard InChI is InChI=1S/C17H22N2O2/c1-19(15-9-7-14(13-18)8-10-15)11-12-21-17-6-4-3-5-16(17)20-2/h3-10H,11-13,18H2,1-2H3. The molecule has 2 aromatic carbocycles. The van der Waals surface area contributed by atoms with E-state index in [0.717, 1.165) is 29.3 Å². The van der Waals surface area contributed by atoms with Gasteiger partial charge in [-0.25, -0.2) is 0 Å². The first-order chi connectivity index (χ1) is 10.2. The number of rotatable bonds is 7. The van der Waals surface area contributed by atoms with Gasteiger partial charge in [-0.3, -0.25) is 0 Å². The summed E-state index contributed by atoms with van der Waals surface area (Å²) >= 11 is 0. The third kappa shape index (κ3) is 4.13. The van der Waals surface area contributed by atoms with Gasteiger partial charge in [-0.1, -0.05) is 24.3 Å². The Balaban J connectivity index is 1.87. The Hall–Kier alpha value is -2.20. The monoisotopic (exact) mass is 286 g/mol. The maximum absolute atomic E-state index is 5.78. The van der Waals surface area contributed by atoms with Crippen LogP contribution in [0.25, 0.3) is 0 Å². The predicted octanol–water partition coefficient (Wildman–Crippen LogP) is 2.67. The van der Waals surface area contributed by atoms with Crippen LogP contribution in [-0.4, -0.2) is 27.3 Å². The van der Waals surface area contributed by atoms with E-state index in [1.54, 1.807) is 7.11 Å². The lowest BCUT2D eigenvalue weighted by Gasteiger charge is -2.20. The lowest BCUT2D eigenvalue weighted by Crippen LogP contribution is -2.23. The molecule has 21 heavy (non-hydrogen) atoms. The molecule has 0 aromatic heterocycles. The highest BCUT2D eigenvalue weighted by atomic mass is 16.5. The smallest absolute Gasteiger partial charge is 0.161 e. The SMILES string of the molecule is COc1ccccc1OCCN(C)c1ccc(CN)cc1. The minimum atomic E-state index is 0.570. The second-order valence-electron chi connectivity index (χ2n) is 4.79. The number of ether oxygens (including phenoxy) is 2. The molecule has 112 valence electrons. The van der Waals surface area contributed by atoms with Gasteiger partial charge in [0.05, 0.1) is 13.7 Å². The minimum absolute atomic E-state index is 0.570. The van der Waals surface area contributed by atoms with Crippen molar-refractivity contribution in [3.63, 3.8) is 0 Å². The molecule has 0 aliphatic carbocycles. The zero-order valence-corrected chi connectivity index (χ0v) is 12.6. The number of anilines is 1. The highest BCUT2D eigenvalue weighted by Gasteiger charge is 2.04. The van der Waals surface area contributed by atoms with Crippen LogP contribution in [0.2, 0.25) is 0 Å². The third-order valence-corrected chi connectivity index (χ3v) is 3.37. The molecule has 0 spiro atoms. The van der Waals surface area contributed by atoms with Crippen molar-refractivity contribution in [3.8, 4) is 11.5 Å². The molecule has 0 aliphatic rings. The van der Waals surface area contributed by atoms with Crippen molar-refractivity contribution in [2.45, 2.75) is 6.54 Å². The van der Waals surface area contributed by atoms with E-state index < -0.39 is 0 Å². The second-order valence-corrected chi connectivity index (χ2v) is 4.79. The molecule has 0 fully saturated rings. The molecule has 0 saturated heterocycles. The van der Waals surface area contributed by atoms with Crippen LogP contribution in [0.4, 0.5) is 5.69 Å². The van der Waals surface area contributed by atoms with Crippen LogP contribution in [0.1, 0.15) is 5.56 Å². The predicted molar refractivity (Wildman–Crippen MR) is 86.1 cm³/mol. The number of likely N-dealkylation sites (N-methyl/N-ethyl adjacent to an activating group) is 1. The zero-order valence-electron chi connectivity index (χ0n) is 12.6. The molecular weight excluding hydrogens is 264 g/mol. The number of nitrogens with two attached hydrogens (primary N) is 1. The van der Waals surface area contributed by atoms with Gasteiger partial charge < -0.3 is 20.1 Å². The summed E-state index contributed by atoms with van der Waals surface area (Å²) in [6.45, 7) is 1.95. The molecule has 2 rings (SSSR count). The number of hydrogen-bond acceptors (Lipinski definition) is 4. The van der Waals surface area contributed by atoms with Gasteiger partial charge in [0.15, 0.2) is 11.5 Å². The van der Waals surface area contributed by atoms with Crippen LogP contribution in [0.3, 0.4) is 0 Å². The number of para-hydroxylation sites is 2. The quantitative estimate of drug-likeness (QED) is 0.850. The van der Waals surface area contributed by atoms with Gasteiger partial charge in [0.1, 0.15) is 6.61 Å². The van der Waals surface area contributed by atoms with E-state index in [2.05, 4.69) is 17.0 Å². The summed E-state index contributed by atoms with van der Waals surface area (Å²) in [6, 6.07) is 15.9. The topological polar surface area (TPSA) is 47.7 Å². The van der Waals surface area contributed by atoms with Gasteiger partial charge in [-0.15, -0.1) is 0 Å². The molecule has 4 heteroatoms. The number of hydrogen-bond donors (Lipinski definition) is 1. The van der Waals surface area contributed by atoms with Crippen LogP contribution in [0.5, 0.6) is 11.5 Å². The van der Waals surface area contributed by atoms with Crippen molar-refractivity contribution >= 4 is 5.69 Å². The highest BCUT2D eigenvalue weighted by Crippen LogP contribution is 2.25. The first kappa shape index (κ1) is 15.2. The summed E-state index contributed by atoms with van der Waals surface area (Å²) in [5.74, 6) is 1.53. The molecule has 2 aromatic rings. The first-order valence-corrected chi connectivity index (χ1v) is 7.00. The Morgan fingerprint density at radius 2 is 1.67 bits per heavy atom. The van der Waals surface area contributed by atoms with Crippen LogP contribution < -0.4 is 20.1 Å². The van der Waals surface area contributed by atoms with Crippen LogP contribution >= 0.6 is 0 Å². The molecule has 0 heterocycles. The normalized spacial score (nSPS) is 10.2. The van der Waals surface area contributed by atoms with E-state index >= 15 is 0 Å². The Labute approximate surface area is 126 Å². The summed E-state index contributed by atoms with van der Waals surface area (Å²) in [5, 5.41) is 0. The molecule has 0 amide bonds. The van der Waals surface area contributed by atoms with Crippen molar-refractivity contribution in [1.82, 2.24) is 0 Å². The van der Waals surface area contributed by atoms with Crippen LogP contribution in [0.15, 0.2) is 48.5 Å². The average Bonchev–Trinajstić information content (AvgIpc) is 2.55. The largest absolute Gasteiger partial charge is 0.493 e. The first-order valence-electron chi connectivity index (χ1n) is 7.00. The van der Waals surface area contributed by atoms with E-state index in [4.69, 9.17) is 15.2 Å². The van der Waals surface area contributed by atoms with Gasteiger partial charge in [0, 0.05) is 19.3 Å². The summed E-state index contributed by atoms with van der Waals surface area (Å²) in [6.07, 6.45) is 0. The molecule has 0 aliphatic heterocycles. The van der Waals surface area contributed by atoms with E-state index in [1.165, 1.54) is 0 Å². The fourth-order valence-corrected chi connectivity index (χ4v) is 2.05. The van der Waals surface area contributed by atoms with E-state index in [-0.39, 0.29) is 0 Å². The highest BCUT2D eigenvalue weighted by molar-refractivity contribution is 5.47. The summed E-state index contributed by atoms with van der Waals surface area (Å²) < 4.78 is 11.0. The summed E-state index contributed by atoms with van der Waals surface area (Å²) in [4.78, 5) is 2.15. The van der Waals surface area contributed by atoms with Crippen molar-refractivity contribution in [2.75, 3.05) is 32.2 Å². The fraction of sp³-hybridized carbons (Fsp3) is 0.294. The average molecular weight is 286 g/mol. The number of nitrogens with zero attached hydrogens (tertiary/aromatic N) is 1. The lowest BCUT2D eigenvalue weighted by atomic mass is 10.2. The van der Waals surface area contributed by atoms with Crippen molar-refractivity contribution in [1.29, 1.82) is 0 Å². The molecule has 0 atom stereocenters. The lowest BCUT2D eigenvalue weighted by molar-refractivity contribution is 0.301. The van der Waals surface area contributed by atoms with Gasteiger partial charge in [-0.2, -0.15) is 0 Å². The van der Waals surface area contributed by atoms with Gasteiger partial charge >= 0.3 is 0 Å². The third-order valence-electron chi connectivity index (χ3n) is 3.37. The number of methoxy groups -OCH3 is 1. The minimum Gasteiger partial charge on any atom is -0.493 e. The molecule has 0 radical (unpaired) electrons. The van der Waals surface area contributed by atoms with E-state index in [0.29, 0.717) is 13.2 Å². The zero-order chi connectivity index (χ0) is 15.1. The van der Waals surface area contributed by atoms with Gasteiger partial charge in [0.25, 0.3) is 0 Å². The Kier molecular flexibility index (Phi) is 5.46. The van der Waals surface area contributed by atoms with Gasteiger partial charge in [0.2, 0.25) is 0 Å². The molecule has 0 bridgehead atoms. The van der Waals surface area contributed by atoms with Crippen LogP contribution in [0, 0.1) is 0 Å². The maximum Gasteiger partial charge on any atom is 0.161 e. The van der Waals surface area contributed by atoms with Gasteiger partial charge in [-0.05, 0) is 29.8 Å². The molecule has 2 N–H and O–H groups in total. The van der Waals surface area contributed by atoms with E-state index in [9.17, 15) is 0 Å². The summed E-state index contributed by atoms with van der Waals surface area (Å²) in [5.41, 5.74) is 7.89. The Morgan fingerprint density at radius 3 is 2.29 bits per heavy atom. The summed E-state index contributed by atoms with van der Waals surface area (Å²) in [7, 11) is 3.69.